The molecule has 0 aliphatic rings. The zero-order chi connectivity index (χ0) is 12.8. The fourth-order valence-electron chi connectivity index (χ4n) is 1.35. The molecule has 0 aliphatic heterocycles. The minimum absolute atomic E-state index is 0.302. The summed E-state index contributed by atoms with van der Waals surface area (Å²) in [6, 6.07) is 6.95. The summed E-state index contributed by atoms with van der Waals surface area (Å²) < 4.78 is 10.1. The second-order valence-corrected chi connectivity index (χ2v) is 3.39. The SMILES string of the molecule is COc1cccnc1NC(=O)/C=C/c1ccco1. The number of nitrogens with one attached hydrogen (secondary N) is 1. The maximum Gasteiger partial charge on any atom is 0.249 e. The number of pyridine rings is 1. The normalized spacial score (nSPS) is 10.5. The molecule has 2 rings (SSSR count). The van der Waals surface area contributed by atoms with Crippen molar-refractivity contribution in [2.75, 3.05) is 12.4 Å². The maximum atomic E-state index is 11.6. The number of carbonyl (C=O) groups is 1. The Morgan fingerprint density at radius 2 is 2.33 bits per heavy atom. The van der Waals surface area contributed by atoms with Crippen LogP contribution in [-0.2, 0) is 4.79 Å². The summed E-state index contributed by atoms with van der Waals surface area (Å²) in [6.07, 6.45) is 6.06. The van der Waals surface area contributed by atoms with Crippen LogP contribution in [0.3, 0.4) is 0 Å². The lowest BCUT2D eigenvalue weighted by atomic mass is 10.3. The number of anilines is 1. The van der Waals surface area contributed by atoms with Crippen LogP contribution in [-0.4, -0.2) is 18.0 Å². The van der Waals surface area contributed by atoms with Crippen LogP contribution >= 0.6 is 0 Å². The first-order valence-corrected chi connectivity index (χ1v) is 5.31. The van der Waals surface area contributed by atoms with Gasteiger partial charge in [0.25, 0.3) is 0 Å². The summed E-state index contributed by atoms with van der Waals surface area (Å²) in [5.74, 6) is 1.20. The van der Waals surface area contributed by atoms with Crippen molar-refractivity contribution in [1.82, 2.24) is 4.98 Å². The molecule has 2 aromatic heterocycles. The Kier molecular flexibility index (Phi) is 3.76. The van der Waals surface area contributed by atoms with Crippen LogP contribution in [0.25, 0.3) is 6.08 Å². The Morgan fingerprint density at radius 3 is 3.06 bits per heavy atom. The molecular formula is C13H12N2O3. The number of hydrogen-bond donors (Lipinski definition) is 1. The minimum atomic E-state index is -0.302. The third kappa shape index (κ3) is 2.98. The average molecular weight is 244 g/mol. The van der Waals surface area contributed by atoms with Crippen LogP contribution in [0.15, 0.2) is 47.2 Å². The van der Waals surface area contributed by atoms with Gasteiger partial charge in [-0.2, -0.15) is 0 Å². The second kappa shape index (κ2) is 5.67. The van der Waals surface area contributed by atoms with Crippen LogP contribution in [0.4, 0.5) is 5.82 Å². The number of methoxy groups -OCH3 is 1. The lowest BCUT2D eigenvalue weighted by molar-refractivity contribution is -0.111. The Hall–Kier alpha value is -2.56. The molecule has 2 aromatic rings. The van der Waals surface area contributed by atoms with Crippen LogP contribution in [0, 0.1) is 0 Å². The summed E-state index contributed by atoms with van der Waals surface area (Å²) in [5, 5.41) is 2.62. The number of carbonyl (C=O) groups excluding carboxylic acids is 1. The first-order chi connectivity index (χ1) is 8.79. The van der Waals surface area contributed by atoms with Crippen LogP contribution < -0.4 is 10.1 Å². The Bertz CT molecular complexity index is 547. The third-order valence-electron chi connectivity index (χ3n) is 2.17. The van der Waals surface area contributed by atoms with Crippen molar-refractivity contribution < 1.29 is 13.9 Å². The Balaban J connectivity index is 2.03. The molecule has 92 valence electrons. The molecule has 0 saturated heterocycles. The van der Waals surface area contributed by atoms with Gasteiger partial charge in [0, 0.05) is 12.3 Å². The number of hydrogen-bond acceptors (Lipinski definition) is 4. The minimum Gasteiger partial charge on any atom is -0.493 e. The molecule has 0 aliphatic carbocycles. The van der Waals surface area contributed by atoms with E-state index >= 15 is 0 Å². The molecule has 0 saturated carbocycles. The van der Waals surface area contributed by atoms with Gasteiger partial charge in [0.2, 0.25) is 5.91 Å². The number of rotatable bonds is 4. The van der Waals surface area contributed by atoms with Gasteiger partial charge >= 0.3 is 0 Å². The molecule has 5 nitrogen and oxygen atoms in total. The monoisotopic (exact) mass is 244 g/mol. The van der Waals surface area contributed by atoms with Gasteiger partial charge < -0.3 is 14.5 Å². The molecule has 0 unspecified atom stereocenters. The molecule has 1 N–H and O–H groups in total. The van der Waals surface area contributed by atoms with Crippen molar-refractivity contribution in [3.8, 4) is 5.75 Å². The second-order valence-electron chi connectivity index (χ2n) is 3.39. The van der Waals surface area contributed by atoms with Crippen LogP contribution in [0.2, 0.25) is 0 Å². The van der Waals surface area contributed by atoms with Crippen molar-refractivity contribution in [3.05, 3.63) is 48.6 Å². The first kappa shape index (κ1) is 11.9. The molecule has 0 fully saturated rings. The lowest BCUT2D eigenvalue weighted by Gasteiger charge is -2.06. The molecule has 18 heavy (non-hydrogen) atoms. The zero-order valence-electron chi connectivity index (χ0n) is 9.79. The van der Waals surface area contributed by atoms with Gasteiger partial charge in [-0.25, -0.2) is 4.98 Å². The number of amides is 1. The van der Waals surface area contributed by atoms with Gasteiger partial charge in [-0.1, -0.05) is 0 Å². The molecule has 5 heteroatoms. The van der Waals surface area contributed by atoms with E-state index in [1.54, 1.807) is 42.8 Å². The first-order valence-electron chi connectivity index (χ1n) is 5.31. The van der Waals surface area contributed by atoms with Crippen molar-refractivity contribution in [2.45, 2.75) is 0 Å². The van der Waals surface area contributed by atoms with Gasteiger partial charge in [0.1, 0.15) is 5.76 Å². The zero-order valence-corrected chi connectivity index (χ0v) is 9.79. The standard InChI is InChI=1S/C13H12N2O3/c1-17-11-5-2-8-14-13(11)15-12(16)7-6-10-4-3-9-18-10/h2-9H,1H3,(H,14,15,16)/b7-6+. The third-order valence-corrected chi connectivity index (χ3v) is 2.17. The van der Waals surface area contributed by atoms with E-state index in [1.807, 2.05) is 0 Å². The molecule has 0 radical (unpaired) electrons. The van der Waals surface area contributed by atoms with Gasteiger partial charge in [0.05, 0.1) is 13.4 Å². The van der Waals surface area contributed by atoms with E-state index in [1.165, 1.54) is 13.2 Å². The van der Waals surface area contributed by atoms with Crippen molar-refractivity contribution >= 4 is 17.8 Å². The maximum absolute atomic E-state index is 11.6. The lowest BCUT2D eigenvalue weighted by Crippen LogP contribution is -2.10. The number of aromatic nitrogens is 1. The average Bonchev–Trinajstić information content (AvgIpc) is 2.90. The van der Waals surface area contributed by atoms with Crippen molar-refractivity contribution in [1.29, 1.82) is 0 Å². The van der Waals surface area contributed by atoms with E-state index in [-0.39, 0.29) is 5.91 Å². The number of furan rings is 1. The molecule has 2 heterocycles. The van der Waals surface area contributed by atoms with Crippen molar-refractivity contribution in [3.63, 3.8) is 0 Å². The largest absolute Gasteiger partial charge is 0.493 e. The highest BCUT2D eigenvalue weighted by atomic mass is 16.5. The van der Waals surface area contributed by atoms with Gasteiger partial charge in [-0.05, 0) is 30.3 Å². The predicted molar refractivity (Wildman–Crippen MR) is 67.2 cm³/mol. The molecule has 0 bridgehead atoms. The fourth-order valence-corrected chi connectivity index (χ4v) is 1.35. The topological polar surface area (TPSA) is 64.4 Å². The van der Waals surface area contributed by atoms with E-state index in [0.717, 1.165) is 0 Å². The van der Waals surface area contributed by atoms with Gasteiger partial charge in [-0.15, -0.1) is 0 Å². The number of ether oxygens (including phenoxy) is 1. The van der Waals surface area contributed by atoms with Gasteiger partial charge in [-0.3, -0.25) is 4.79 Å². The highest BCUT2D eigenvalue weighted by Gasteiger charge is 2.05. The van der Waals surface area contributed by atoms with E-state index in [9.17, 15) is 4.79 Å². The van der Waals surface area contributed by atoms with Crippen molar-refractivity contribution in [2.24, 2.45) is 0 Å². The Labute approximate surface area is 104 Å². The predicted octanol–water partition coefficient (Wildman–Crippen LogP) is 2.34. The Morgan fingerprint density at radius 1 is 1.44 bits per heavy atom. The van der Waals surface area contributed by atoms with E-state index in [2.05, 4.69) is 10.3 Å². The molecule has 0 aromatic carbocycles. The van der Waals surface area contributed by atoms with Crippen LogP contribution in [0.5, 0.6) is 5.75 Å². The van der Waals surface area contributed by atoms with E-state index in [4.69, 9.17) is 9.15 Å². The molecular weight excluding hydrogens is 232 g/mol. The van der Waals surface area contributed by atoms with E-state index in [0.29, 0.717) is 17.3 Å². The van der Waals surface area contributed by atoms with E-state index < -0.39 is 0 Å². The molecule has 1 amide bonds. The quantitative estimate of drug-likeness (QED) is 0.838. The molecule has 0 spiro atoms. The summed E-state index contributed by atoms with van der Waals surface area (Å²) in [6.45, 7) is 0. The van der Waals surface area contributed by atoms with Crippen LogP contribution in [0.1, 0.15) is 5.76 Å². The smallest absolute Gasteiger partial charge is 0.249 e. The fraction of sp³-hybridized carbons (Fsp3) is 0.0769. The summed E-state index contributed by atoms with van der Waals surface area (Å²) >= 11 is 0. The summed E-state index contributed by atoms with van der Waals surface area (Å²) in [4.78, 5) is 15.7. The molecule has 0 atom stereocenters. The summed E-state index contributed by atoms with van der Waals surface area (Å²) in [7, 11) is 1.52. The van der Waals surface area contributed by atoms with Gasteiger partial charge in [0.15, 0.2) is 11.6 Å². The highest BCUT2D eigenvalue weighted by molar-refractivity contribution is 6.01. The number of nitrogens with zero attached hydrogens (tertiary/aromatic N) is 1. The summed E-state index contributed by atoms with van der Waals surface area (Å²) in [5.41, 5.74) is 0. The highest BCUT2D eigenvalue weighted by Crippen LogP contribution is 2.19.